The average Bonchev–Trinajstić information content (AvgIpc) is 2.36. The van der Waals surface area contributed by atoms with Crippen LogP contribution in [-0.2, 0) is 0 Å². The molecule has 3 atom stereocenters. The van der Waals surface area contributed by atoms with Gasteiger partial charge in [-0.3, -0.25) is 4.90 Å². The predicted molar refractivity (Wildman–Crippen MR) is 78.9 cm³/mol. The van der Waals surface area contributed by atoms with Gasteiger partial charge in [0.2, 0.25) is 0 Å². The summed E-state index contributed by atoms with van der Waals surface area (Å²) in [5.41, 5.74) is 0. The monoisotopic (exact) mass is 252 g/mol. The van der Waals surface area contributed by atoms with Crippen molar-refractivity contribution < 1.29 is 0 Å². The zero-order valence-electron chi connectivity index (χ0n) is 12.5. The fourth-order valence-electron chi connectivity index (χ4n) is 3.79. The van der Waals surface area contributed by atoms with Gasteiger partial charge in [0.05, 0.1) is 0 Å². The maximum atomic E-state index is 3.63. The van der Waals surface area contributed by atoms with Crippen LogP contribution in [0.15, 0.2) is 0 Å². The summed E-state index contributed by atoms with van der Waals surface area (Å²) >= 11 is 0. The van der Waals surface area contributed by atoms with Gasteiger partial charge in [0.25, 0.3) is 0 Å². The van der Waals surface area contributed by atoms with E-state index in [1.54, 1.807) is 0 Å². The highest BCUT2D eigenvalue weighted by atomic mass is 15.2. The number of hydrogen-bond acceptors (Lipinski definition) is 2. The van der Waals surface area contributed by atoms with E-state index >= 15 is 0 Å². The Labute approximate surface area is 114 Å². The molecular weight excluding hydrogens is 220 g/mol. The van der Waals surface area contributed by atoms with Crippen molar-refractivity contribution in [3.8, 4) is 0 Å². The van der Waals surface area contributed by atoms with Crippen LogP contribution in [0.5, 0.6) is 0 Å². The van der Waals surface area contributed by atoms with Crippen molar-refractivity contribution in [2.75, 3.05) is 19.6 Å². The highest BCUT2D eigenvalue weighted by Gasteiger charge is 2.38. The molecule has 106 valence electrons. The second-order valence-corrected chi connectivity index (χ2v) is 6.29. The van der Waals surface area contributed by atoms with Gasteiger partial charge < -0.3 is 5.32 Å². The summed E-state index contributed by atoms with van der Waals surface area (Å²) in [5.74, 6) is 0.939. The maximum Gasteiger partial charge on any atom is 0.0139 e. The topological polar surface area (TPSA) is 15.3 Å². The van der Waals surface area contributed by atoms with Crippen LogP contribution in [0.1, 0.15) is 65.2 Å². The molecule has 0 aromatic rings. The second kappa shape index (κ2) is 7.49. The van der Waals surface area contributed by atoms with Gasteiger partial charge in [0, 0.05) is 12.1 Å². The molecule has 2 nitrogen and oxygen atoms in total. The summed E-state index contributed by atoms with van der Waals surface area (Å²) in [4.78, 5) is 2.88. The Bertz CT molecular complexity index is 227. The van der Waals surface area contributed by atoms with Gasteiger partial charge in [-0.15, -0.1) is 0 Å². The molecule has 18 heavy (non-hydrogen) atoms. The third kappa shape index (κ3) is 3.48. The van der Waals surface area contributed by atoms with Crippen LogP contribution in [0.4, 0.5) is 0 Å². The van der Waals surface area contributed by atoms with Crippen LogP contribution in [0.3, 0.4) is 0 Å². The van der Waals surface area contributed by atoms with E-state index < -0.39 is 0 Å². The molecule has 3 unspecified atom stereocenters. The van der Waals surface area contributed by atoms with E-state index in [1.807, 2.05) is 0 Å². The average molecular weight is 252 g/mol. The first-order valence-electron chi connectivity index (χ1n) is 8.33. The zero-order chi connectivity index (χ0) is 12.8. The van der Waals surface area contributed by atoms with Crippen molar-refractivity contribution in [3.63, 3.8) is 0 Å². The van der Waals surface area contributed by atoms with Crippen molar-refractivity contribution in [3.05, 3.63) is 0 Å². The van der Waals surface area contributed by atoms with Gasteiger partial charge >= 0.3 is 0 Å². The molecule has 1 saturated heterocycles. The van der Waals surface area contributed by atoms with E-state index in [4.69, 9.17) is 0 Å². The molecule has 0 bridgehead atoms. The summed E-state index contributed by atoms with van der Waals surface area (Å²) < 4.78 is 0. The molecule has 1 aliphatic heterocycles. The maximum absolute atomic E-state index is 3.63. The van der Waals surface area contributed by atoms with Gasteiger partial charge in [-0.1, -0.05) is 26.7 Å². The lowest BCUT2D eigenvalue weighted by Crippen LogP contribution is -2.55. The van der Waals surface area contributed by atoms with Crippen LogP contribution in [0.2, 0.25) is 0 Å². The molecular formula is C16H32N2. The van der Waals surface area contributed by atoms with Crippen LogP contribution in [0.25, 0.3) is 0 Å². The molecule has 0 aromatic heterocycles. The number of piperidine rings is 1. The molecule has 1 saturated carbocycles. The number of rotatable bonds is 7. The van der Waals surface area contributed by atoms with Crippen molar-refractivity contribution in [1.82, 2.24) is 10.2 Å². The lowest BCUT2D eigenvalue weighted by Gasteiger charge is -2.50. The van der Waals surface area contributed by atoms with Crippen molar-refractivity contribution >= 4 is 0 Å². The minimum absolute atomic E-state index is 0.905. The summed E-state index contributed by atoms with van der Waals surface area (Å²) in [6.07, 6.45) is 11.3. The molecule has 2 rings (SSSR count). The summed E-state index contributed by atoms with van der Waals surface area (Å²) in [5, 5.41) is 3.63. The lowest BCUT2D eigenvalue weighted by atomic mass is 9.76. The fourth-order valence-corrected chi connectivity index (χ4v) is 3.79. The predicted octanol–water partition coefficient (Wildman–Crippen LogP) is 3.42. The number of hydrogen-bond donors (Lipinski definition) is 1. The van der Waals surface area contributed by atoms with E-state index in [-0.39, 0.29) is 0 Å². The van der Waals surface area contributed by atoms with Crippen LogP contribution < -0.4 is 5.32 Å². The number of nitrogens with zero attached hydrogens (tertiary/aromatic N) is 1. The van der Waals surface area contributed by atoms with Crippen LogP contribution >= 0.6 is 0 Å². The van der Waals surface area contributed by atoms with Crippen molar-refractivity contribution in [1.29, 1.82) is 0 Å². The molecule has 0 spiro atoms. The molecule has 2 fully saturated rings. The minimum atomic E-state index is 0.905. The Kier molecular flexibility index (Phi) is 5.97. The zero-order valence-corrected chi connectivity index (χ0v) is 12.5. The Hall–Kier alpha value is -0.0800. The molecule has 1 N–H and O–H groups in total. The highest BCUT2D eigenvalue weighted by molar-refractivity contribution is 4.94. The Morgan fingerprint density at radius 1 is 1.06 bits per heavy atom. The normalized spacial score (nSPS) is 33.3. The Morgan fingerprint density at radius 3 is 2.61 bits per heavy atom. The summed E-state index contributed by atoms with van der Waals surface area (Å²) in [7, 11) is 0. The quantitative estimate of drug-likeness (QED) is 0.698. The van der Waals surface area contributed by atoms with E-state index in [1.165, 1.54) is 71.0 Å². The van der Waals surface area contributed by atoms with Crippen molar-refractivity contribution in [2.24, 2.45) is 5.92 Å². The Balaban J connectivity index is 1.80. The molecule has 2 aliphatic rings. The van der Waals surface area contributed by atoms with E-state index in [0.29, 0.717) is 0 Å². The number of nitrogens with one attached hydrogen (secondary N) is 1. The van der Waals surface area contributed by atoms with Gasteiger partial charge in [-0.05, 0) is 64.1 Å². The molecule has 0 aromatic carbocycles. The lowest BCUT2D eigenvalue weighted by molar-refractivity contribution is 0.00439. The third-order valence-electron chi connectivity index (χ3n) is 4.93. The first-order valence-corrected chi connectivity index (χ1v) is 8.33. The summed E-state index contributed by atoms with van der Waals surface area (Å²) in [6, 6.07) is 1.81. The molecule has 1 aliphatic carbocycles. The minimum Gasteiger partial charge on any atom is -0.316 e. The molecule has 1 heterocycles. The van der Waals surface area contributed by atoms with Gasteiger partial charge in [-0.2, -0.15) is 0 Å². The van der Waals surface area contributed by atoms with E-state index in [2.05, 4.69) is 24.1 Å². The third-order valence-corrected chi connectivity index (χ3v) is 4.93. The van der Waals surface area contributed by atoms with Crippen molar-refractivity contribution in [2.45, 2.75) is 77.3 Å². The number of likely N-dealkylation sites (tertiary alicyclic amines) is 1. The Morgan fingerprint density at radius 2 is 1.94 bits per heavy atom. The summed E-state index contributed by atoms with van der Waals surface area (Å²) in [6.45, 7) is 8.43. The highest BCUT2D eigenvalue weighted by Crippen LogP contribution is 2.36. The van der Waals surface area contributed by atoms with Gasteiger partial charge in [0.1, 0.15) is 0 Å². The smallest absolute Gasteiger partial charge is 0.0139 e. The molecule has 2 heteroatoms. The first-order chi connectivity index (χ1) is 8.86. The van der Waals surface area contributed by atoms with Gasteiger partial charge in [-0.25, -0.2) is 0 Å². The van der Waals surface area contributed by atoms with E-state index in [0.717, 1.165) is 18.0 Å². The fraction of sp³-hybridized carbons (Fsp3) is 1.00. The second-order valence-electron chi connectivity index (χ2n) is 6.29. The first kappa shape index (κ1) is 14.3. The van der Waals surface area contributed by atoms with Crippen LogP contribution in [-0.4, -0.2) is 36.6 Å². The van der Waals surface area contributed by atoms with E-state index in [9.17, 15) is 0 Å². The SMILES string of the molecule is CCCNCC1CCC1N1CCCCC1CCC. The molecule has 0 radical (unpaired) electrons. The largest absolute Gasteiger partial charge is 0.316 e. The standard InChI is InChI=1S/C16H32N2/c1-3-7-15-8-5-6-12-18(15)16-10-9-14(16)13-17-11-4-2/h14-17H,3-13H2,1-2H3. The molecule has 0 amide bonds. The van der Waals surface area contributed by atoms with Gasteiger partial charge in [0.15, 0.2) is 0 Å². The van der Waals surface area contributed by atoms with Crippen LogP contribution in [0, 0.1) is 5.92 Å².